The van der Waals surface area contributed by atoms with E-state index in [4.69, 9.17) is 20.5 Å². The Labute approximate surface area is 135 Å². The van der Waals surface area contributed by atoms with Gasteiger partial charge in [-0.25, -0.2) is 0 Å². The summed E-state index contributed by atoms with van der Waals surface area (Å²) in [4.78, 5) is 4.20. The first-order valence-corrected chi connectivity index (χ1v) is 8.55. The summed E-state index contributed by atoms with van der Waals surface area (Å²) in [6, 6.07) is 9.93. The molecule has 1 aromatic heterocycles. The predicted molar refractivity (Wildman–Crippen MR) is 83.6 cm³/mol. The molecule has 0 fully saturated rings. The van der Waals surface area contributed by atoms with Crippen molar-refractivity contribution < 1.29 is 17.3 Å². The lowest BCUT2D eigenvalue weighted by atomic mass is 10.2. The highest BCUT2D eigenvalue weighted by molar-refractivity contribution is 7.86. The van der Waals surface area contributed by atoms with Crippen molar-refractivity contribution in [3.8, 4) is 5.75 Å². The van der Waals surface area contributed by atoms with E-state index in [9.17, 15) is 8.42 Å². The molecule has 0 aliphatic carbocycles. The van der Waals surface area contributed by atoms with Gasteiger partial charge in [0.1, 0.15) is 19.0 Å². The van der Waals surface area contributed by atoms with Gasteiger partial charge in [0, 0.05) is 0 Å². The van der Waals surface area contributed by atoms with Crippen molar-refractivity contribution in [3.05, 3.63) is 53.9 Å². The number of halogens is 1. The van der Waals surface area contributed by atoms with Gasteiger partial charge in [0.25, 0.3) is 10.1 Å². The highest BCUT2D eigenvalue weighted by Gasteiger charge is 2.14. The number of hydrogen-bond acceptors (Lipinski definition) is 5. The van der Waals surface area contributed by atoms with E-state index < -0.39 is 10.1 Å². The van der Waals surface area contributed by atoms with Crippen LogP contribution in [0.25, 0.3) is 0 Å². The minimum Gasteiger partial charge on any atom is -0.490 e. The second-order valence-corrected chi connectivity index (χ2v) is 6.44. The van der Waals surface area contributed by atoms with Crippen LogP contribution < -0.4 is 4.74 Å². The fourth-order valence-electron chi connectivity index (χ4n) is 1.65. The molecule has 5 nitrogen and oxygen atoms in total. The van der Waals surface area contributed by atoms with Crippen molar-refractivity contribution in [1.82, 2.24) is 4.98 Å². The van der Waals surface area contributed by atoms with E-state index in [1.165, 1.54) is 18.3 Å². The van der Waals surface area contributed by atoms with Gasteiger partial charge in [-0.2, -0.15) is 8.42 Å². The number of aryl methyl sites for hydroxylation is 1. The summed E-state index contributed by atoms with van der Waals surface area (Å²) >= 11 is 5.63. The Morgan fingerprint density at radius 2 is 1.82 bits per heavy atom. The normalized spacial score (nSPS) is 11.4. The maximum atomic E-state index is 11.9. The van der Waals surface area contributed by atoms with Gasteiger partial charge in [0.05, 0.1) is 22.7 Å². The maximum absolute atomic E-state index is 11.9. The molecule has 22 heavy (non-hydrogen) atoms. The van der Waals surface area contributed by atoms with Crippen LogP contribution in [-0.2, 0) is 20.2 Å². The van der Waals surface area contributed by atoms with Crippen LogP contribution in [0.3, 0.4) is 0 Å². The summed E-state index contributed by atoms with van der Waals surface area (Å²) in [6.07, 6.45) is 1.53. The molecular formula is C15H16ClNO4S. The molecule has 7 heteroatoms. The molecule has 0 atom stereocenters. The minimum absolute atomic E-state index is 0.0759. The van der Waals surface area contributed by atoms with Gasteiger partial charge in [-0.05, 0) is 31.2 Å². The first-order valence-electron chi connectivity index (χ1n) is 6.61. The summed E-state index contributed by atoms with van der Waals surface area (Å²) in [5, 5.41) is 0. The highest BCUT2D eigenvalue weighted by Crippen LogP contribution is 2.14. The molecule has 0 spiro atoms. The van der Waals surface area contributed by atoms with Crippen LogP contribution in [-0.4, -0.2) is 26.6 Å². The van der Waals surface area contributed by atoms with Gasteiger partial charge in [-0.1, -0.05) is 17.7 Å². The van der Waals surface area contributed by atoms with Crippen molar-refractivity contribution in [2.24, 2.45) is 0 Å². The summed E-state index contributed by atoms with van der Waals surface area (Å²) in [5.74, 6) is 0.864. The standard InChI is InChI=1S/C15H16ClNO4S/c1-12-2-6-15(7-3-12)22(18,19)21-9-8-20-14-5-4-13(10-16)17-11-14/h2-7,11H,8-10H2,1H3. The van der Waals surface area contributed by atoms with Gasteiger partial charge in [0.2, 0.25) is 0 Å². The van der Waals surface area contributed by atoms with Crippen LogP contribution >= 0.6 is 11.6 Å². The van der Waals surface area contributed by atoms with Gasteiger partial charge < -0.3 is 4.74 Å². The highest BCUT2D eigenvalue weighted by atomic mass is 35.5. The Kier molecular flexibility index (Phi) is 5.76. The lowest BCUT2D eigenvalue weighted by molar-refractivity contribution is 0.220. The topological polar surface area (TPSA) is 65.5 Å². The van der Waals surface area contributed by atoms with E-state index in [0.717, 1.165) is 11.3 Å². The summed E-state index contributed by atoms with van der Waals surface area (Å²) in [7, 11) is -3.76. The van der Waals surface area contributed by atoms with Crippen molar-refractivity contribution >= 4 is 21.7 Å². The molecule has 0 aliphatic rings. The minimum atomic E-state index is -3.76. The lowest BCUT2D eigenvalue weighted by Crippen LogP contribution is -2.13. The monoisotopic (exact) mass is 341 g/mol. The molecule has 0 unspecified atom stereocenters. The largest absolute Gasteiger partial charge is 0.490 e. The average Bonchev–Trinajstić information content (AvgIpc) is 2.52. The number of alkyl halides is 1. The first-order chi connectivity index (χ1) is 10.5. The zero-order valence-electron chi connectivity index (χ0n) is 12.0. The summed E-state index contributed by atoms with van der Waals surface area (Å²) in [6.45, 7) is 1.91. The predicted octanol–water partition coefficient (Wildman–Crippen LogP) is 2.91. The molecule has 118 valence electrons. The number of ether oxygens (including phenoxy) is 1. The quantitative estimate of drug-likeness (QED) is 0.440. The Morgan fingerprint density at radius 3 is 2.41 bits per heavy atom. The molecule has 0 N–H and O–H groups in total. The molecule has 2 aromatic rings. The molecule has 0 radical (unpaired) electrons. The molecule has 0 bridgehead atoms. The molecule has 1 aromatic carbocycles. The zero-order chi connectivity index (χ0) is 16.0. The second kappa shape index (κ2) is 7.58. The Balaban J connectivity index is 1.83. The van der Waals surface area contributed by atoms with Gasteiger partial charge >= 0.3 is 0 Å². The Hall–Kier alpha value is -1.63. The fourth-order valence-corrected chi connectivity index (χ4v) is 2.70. The second-order valence-electron chi connectivity index (χ2n) is 4.56. The third kappa shape index (κ3) is 4.69. The number of aromatic nitrogens is 1. The summed E-state index contributed by atoms with van der Waals surface area (Å²) < 4.78 is 34.2. The molecule has 2 rings (SSSR count). The fraction of sp³-hybridized carbons (Fsp3) is 0.267. The van der Waals surface area contributed by atoms with Crippen molar-refractivity contribution in [1.29, 1.82) is 0 Å². The van der Waals surface area contributed by atoms with Crippen molar-refractivity contribution in [2.45, 2.75) is 17.7 Å². The van der Waals surface area contributed by atoms with E-state index in [-0.39, 0.29) is 18.1 Å². The van der Waals surface area contributed by atoms with Gasteiger partial charge in [-0.3, -0.25) is 9.17 Å². The van der Waals surface area contributed by atoms with Crippen LogP contribution in [0.4, 0.5) is 0 Å². The van der Waals surface area contributed by atoms with E-state index in [1.807, 2.05) is 6.92 Å². The molecular weight excluding hydrogens is 326 g/mol. The number of benzene rings is 1. The van der Waals surface area contributed by atoms with Crippen LogP contribution in [0.1, 0.15) is 11.3 Å². The molecule has 0 saturated heterocycles. The Bertz CT molecular complexity index is 699. The van der Waals surface area contributed by atoms with Crippen LogP contribution in [0.15, 0.2) is 47.5 Å². The smallest absolute Gasteiger partial charge is 0.297 e. The first kappa shape index (κ1) is 16.7. The molecule has 1 heterocycles. The maximum Gasteiger partial charge on any atom is 0.297 e. The van der Waals surface area contributed by atoms with E-state index in [2.05, 4.69) is 4.98 Å². The summed E-state index contributed by atoms with van der Waals surface area (Å²) in [5.41, 5.74) is 1.72. The molecule has 0 aliphatic heterocycles. The third-order valence-corrected chi connectivity index (χ3v) is 4.44. The number of pyridine rings is 1. The van der Waals surface area contributed by atoms with E-state index >= 15 is 0 Å². The zero-order valence-corrected chi connectivity index (χ0v) is 13.6. The SMILES string of the molecule is Cc1ccc(S(=O)(=O)OCCOc2ccc(CCl)nc2)cc1. The van der Waals surface area contributed by atoms with Gasteiger partial charge in [-0.15, -0.1) is 11.6 Å². The van der Waals surface area contributed by atoms with Crippen LogP contribution in [0.5, 0.6) is 5.75 Å². The third-order valence-electron chi connectivity index (χ3n) is 2.83. The van der Waals surface area contributed by atoms with E-state index in [0.29, 0.717) is 11.6 Å². The van der Waals surface area contributed by atoms with Crippen molar-refractivity contribution in [3.63, 3.8) is 0 Å². The van der Waals surface area contributed by atoms with Crippen LogP contribution in [0.2, 0.25) is 0 Å². The average molecular weight is 342 g/mol. The number of rotatable bonds is 7. The van der Waals surface area contributed by atoms with E-state index in [1.54, 1.807) is 24.3 Å². The van der Waals surface area contributed by atoms with Crippen molar-refractivity contribution in [2.75, 3.05) is 13.2 Å². The Morgan fingerprint density at radius 1 is 1.09 bits per heavy atom. The molecule has 0 saturated carbocycles. The number of hydrogen-bond donors (Lipinski definition) is 0. The number of nitrogens with zero attached hydrogens (tertiary/aromatic N) is 1. The molecule has 0 amide bonds. The van der Waals surface area contributed by atoms with Crippen LogP contribution in [0, 0.1) is 6.92 Å². The van der Waals surface area contributed by atoms with Gasteiger partial charge in [0.15, 0.2) is 0 Å². The lowest BCUT2D eigenvalue weighted by Gasteiger charge is -2.08.